The molecule has 0 bridgehead atoms. The van der Waals surface area contributed by atoms with Crippen LogP contribution in [0.1, 0.15) is 53.2 Å². The highest BCUT2D eigenvalue weighted by Crippen LogP contribution is 2.47. The van der Waals surface area contributed by atoms with Crippen LogP contribution in [0.5, 0.6) is 0 Å². The molecule has 1 aromatic heterocycles. The normalized spacial score (nSPS) is 32.8. The molecule has 0 aliphatic carbocycles. The lowest BCUT2D eigenvalue weighted by Gasteiger charge is -2.29. The van der Waals surface area contributed by atoms with E-state index in [2.05, 4.69) is 18.8 Å². The van der Waals surface area contributed by atoms with Gasteiger partial charge in [-0.2, -0.15) is 0 Å². The summed E-state index contributed by atoms with van der Waals surface area (Å²) in [5.41, 5.74) is -2.63. The van der Waals surface area contributed by atoms with E-state index in [-0.39, 0.29) is 0 Å². The van der Waals surface area contributed by atoms with Crippen LogP contribution in [0, 0.1) is 5.92 Å². The average Bonchev–Trinajstić information content (AvgIpc) is 2.60. The molecule has 2 heterocycles. The molecule has 21 heavy (non-hydrogen) atoms. The van der Waals surface area contributed by atoms with E-state index in [0.29, 0.717) is 12.3 Å². The van der Waals surface area contributed by atoms with Gasteiger partial charge in [0, 0.05) is 18.7 Å². The molecule has 1 fully saturated rings. The summed E-state index contributed by atoms with van der Waals surface area (Å²) in [6.07, 6.45) is 2.62. The molecule has 0 aromatic carbocycles. The van der Waals surface area contributed by atoms with E-state index in [1.807, 2.05) is 6.92 Å². The Balaban J connectivity index is 2.40. The highest BCUT2D eigenvalue weighted by Gasteiger charge is 2.53. The molecule has 1 aromatic rings. The van der Waals surface area contributed by atoms with Crippen molar-refractivity contribution in [3.05, 3.63) is 33.1 Å². The molecule has 0 radical (unpaired) electrons. The Labute approximate surface area is 123 Å². The maximum Gasteiger partial charge on any atom is 0.330 e. The minimum Gasteiger partial charge on any atom is -0.385 e. The molecule has 0 saturated carbocycles. The maximum atomic E-state index is 12.0. The van der Waals surface area contributed by atoms with Crippen LogP contribution in [0.15, 0.2) is 21.9 Å². The van der Waals surface area contributed by atoms with Gasteiger partial charge in [-0.25, -0.2) is 4.79 Å². The number of aromatic nitrogens is 2. The predicted octanol–water partition coefficient (Wildman–Crippen LogP) is 1.40. The number of ether oxygens (including phenoxy) is 1. The highest BCUT2D eigenvalue weighted by atomic mass is 16.6. The molecule has 118 valence electrons. The van der Waals surface area contributed by atoms with Gasteiger partial charge in [0.15, 0.2) is 6.23 Å². The first-order valence-electron chi connectivity index (χ1n) is 7.41. The number of nitrogens with zero attached hydrogens (tertiary/aromatic N) is 1. The zero-order valence-corrected chi connectivity index (χ0v) is 13.0. The zero-order chi connectivity index (χ0) is 15.8. The van der Waals surface area contributed by atoms with Crippen molar-refractivity contribution in [1.29, 1.82) is 0 Å². The first-order valence-corrected chi connectivity index (χ1v) is 7.41. The number of hydrogen-bond donors (Lipinski definition) is 2. The van der Waals surface area contributed by atoms with E-state index < -0.39 is 28.7 Å². The van der Waals surface area contributed by atoms with Crippen molar-refractivity contribution >= 4 is 0 Å². The van der Waals surface area contributed by atoms with Crippen LogP contribution in [-0.2, 0) is 4.74 Å². The Hall–Kier alpha value is -1.40. The van der Waals surface area contributed by atoms with Gasteiger partial charge in [-0.1, -0.05) is 20.8 Å². The van der Waals surface area contributed by atoms with Gasteiger partial charge in [-0.3, -0.25) is 14.3 Å². The fourth-order valence-electron chi connectivity index (χ4n) is 3.33. The molecule has 1 saturated heterocycles. The third kappa shape index (κ3) is 3.11. The van der Waals surface area contributed by atoms with Gasteiger partial charge in [-0.15, -0.1) is 0 Å². The van der Waals surface area contributed by atoms with E-state index in [1.54, 1.807) is 6.92 Å². The van der Waals surface area contributed by atoms with Crippen LogP contribution >= 0.6 is 0 Å². The highest BCUT2D eigenvalue weighted by molar-refractivity contribution is 5.01. The molecule has 0 spiro atoms. The number of aromatic amines is 1. The van der Waals surface area contributed by atoms with E-state index in [9.17, 15) is 14.7 Å². The Morgan fingerprint density at radius 2 is 2.19 bits per heavy atom. The number of hydrogen-bond acceptors (Lipinski definition) is 4. The second-order valence-electron chi connectivity index (χ2n) is 6.66. The third-order valence-electron chi connectivity index (χ3n) is 4.10. The lowest BCUT2D eigenvalue weighted by molar-refractivity contribution is -0.120. The molecule has 1 aliphatic rings. The van der Waals surface area contributed by atoms with Gasteiger partial charge in [0.25, 0.3) is 5.56 Å². The van der Waals surface area contributed by atoms with Crippen LogP contribution in [-0.4, -0.2) is 25.9 Å². The number of nitrogens with one attached hydrogen (secondary N) is 1. The van der Waals surface area contributed by atoms with Crippen LogP contribution < -0.4 is 11.2 Å². The first kappa shape index (κ1) is 16.0. The summed E-state index contributed by atoms with van der Waals surface area (Å²) in [7, 11) is 0. The van der Waals surface area contributed by atoms with E-state index in [4.69, 9.17) is 4.74 Å². The van der Waals surface area contributed by atoms with Gasteiger partial charge < -0.3 is 9.84 Å². The predicted molar refractivity (Wildman–Crippen MR) is 79.2 cm³/mol. The maximum absolute atomic E-state index is 12.0. The van der Waals surface area contributed by atoms with Crippen molar-refractivity contribution < 1.29 is 9.84 Å². The van der Waals surface area contributed by atoms with E-state index >= 15 is 0 Å². The van der Waals surface area contributed by atoms with Gasteiger partial charge >= 0.3 is 5.69 Å². The smallest absolute Gasteiger partial charge is 0.330 e. The minimum atomic E-state index is -1.16. The topological polar surface area (TPSA) is 84.3 Å². The number of rotatable bonds is 4. The Morgan fingerprint density at radius 1 is 1.52 bits per heavy atom. The fourth-order valence-corrected chi connectivity index (χ4v) is 3.33. The molecule has 0 amide bonds. The van der Waals surface area contributed by atoms with Crippen molar-refractivity contribution in [1.82, 2.24) is 9.55 Å². The van der Waals surface area contributed by atoms with E-state index in [1.165, 1.54) is 16.8 Å². The zero-order valence-electron chi connectivity index (χ0n) is 13.0. The number of H-pyrrole nitrogens is 1. The van der Waals surface area contributed by atoms with Crippen LogP contribution in [0.3, 0.4) is 0 Å². The third-order valence-corrected chi connectivity index (χ3v) is 4.10. The summed E-state index contributed by atoms with van der Waals surface area (Å²) in [6.45, 7) is 7.91. The Kier molecular flexibility index (Phi) is 4.13. The van der Waals surface area contributed by atoms with Crippen molar-refractivity contribution in [3.63, 3.8) is 0 Å². The summed E-state index contributed by atoms with van der Waals surface area (Å²) in [6, 6.07) is 1.26. The molecular weight excluding hydrogens is 272 g/mol. The SMILES string of the molecule is CCC1(CC(C)C)CC(C)(O)C(n2ccc(=O)[nH]c2=O)O1. The van der Waals surface area contributed by atoms with Crippen molar-refractivity contribution in [2.75, 3.05) is 0 Å². The lowest BCUT2D eigenvalue weighted by Crippen LogP contribution is -2.40. The largest absolute Gasteiger partial charge is 0.385 e. The van der Waals surface area contributed by atoms with Crippen molar-refractivity contribution in [2.45, 2.75) is 64.4 Å². The monoisotopic (exact) mass is 296 g/mol. The van der Waals surface area contributed by atoms with Gasteiger partial charge in [0.1, 0.15) is 5.60 Å². The van der Waals surface area contributed by atoms with Gasteiger partial charge in [0.2, 0.25) is 0 Å². The fraction of sp³-hybridized carbons (Fsp3) is 0.733. The second-order valence-corrected chi connectivity index (χ2v) is 6.66. The molecule has 3 atom stereocenters. The second kappa shape index (κ2) is 5.42. The Morgan fingerprint density at radius 3 is 2.71 bits per heavy atom. The summed E-state index contributed by atoms with van der Waals surface area (Å²) in [5.74, 6) is 0.423. The molecular formula is C15H24N2O4. The van der Waals surface area contributed by atoms with Crippen molar-refractivity contribution in [3.8, 4) is 0 Å². The first-order chi connectivity index (χ1) is 9.69. The lowest BCUT2D eigenvalue weighted by atomic mass is 9.83. The summed E-state index contributed by atoms with van der Waals surface area (Å²) in [4.78, 5) is 25.3. The van der Waals surface area contributed by atoms with Crippen LogP contribution in [0.4, 0.5) is 0 Å². The van der Waals surface area contributed by atoms with Gasteiger partial charge in [-0.05, 0) is 25.7 Å². The van der Waals surface area contributed by atoms with Crippen LogP contribution in [0.25, 0.3) is 0 Å². The summed E-state index contributed by atoms with van der Waals surface area (Å²) in [5, 5.41) is 10.7. The number of aliphatic hydroxyl groups is 1. The standard InChI is InChI=1S/C15H24N2O4/c1-5-15(8-10(2)3)9-14(4,20)12(21-15)17-7-6-11(18)16-13(17)19/h6-7,10,12,20H,5,8-9H2,1-4H3,(H,16,18,19). The Bertz CT molecular complexity index is 617. The molecule has 3 unspecified atom stereocenters. The molecule has 2 N–H and O–H groups in total. The molecule has 2 rings (SSSR count). The van der Waals surface area contributed by atoms with Gasteiger partial charge in [0.05, 0.1) is 5.60 Å². The molecule has 6 nitrogen and oxygen atoms in total. The van der Waals surface area contributed by atoms with Crippen LogP contribution in [0.2, 0.25) is 0 Å². The molecule has 6 heteroatoms. The summed E-state index contributed by atoms with van der Waals surface area (Å²) < 4.78 is 7.39. The van der Waals surface area contributed by atoms with E-state index in [0.717, 1.165) is 12.8 Å². The quantitative estimate of drug-likeness (QED) is 0.879. The minimum absolute atomic E-state index is 0.423. The van der Waals surface area contributed by atoms with Crippen molar-refractivity contribution in [2.24, 2.45) is 5.92 Å². The summed E-state index contributed by atoms with van der Waals surface area (Å²) >= 11 is 0. The average molecular weight is 296 g/mol. The molecule has 1 aliphatic heterocycles.